The molecule has 1 fully saturated rings. The van der Waals surface area contributed by atoms with Crippen LogP contribution in [-0.2, 0) is 6.54 Å². The number of aliphatic hydroxyl groups is 1. The zero-order valence-corrected chi connectivity index (χ0v) is 13.2. The van der Waals surface area contributed by atoms with Gasteiger partial charge in [-0.1, -0.05) is 20.8 Å². The molecule has 114 valence electrons. The first-order valence-electron chi connectivity index (χ1n) is 8.13. The Balaban J connectivity index is 2.30. The number of aryl methyl sites for hydroxylation is 1. The van der Waals surface area contributed by atoms with Crippen LogP contribution in [0.3, 0.4) is 0 Å². The molecule has 0 aromatic carbocycles. The van der Waals surface area contributed by atoms with E-state index >= 15 is 0 Å². The van der Waals surface area contributed by atoms with Gasteiger partial charge in [0.15, 0.2) is 0 Å². The lowest BCUT2D eigenvalue weighted by Gasteiger charge is -2.44. The molecule has 1 aromatic heterocycles. The monoisotopic (exact) mass is 279 g/mol. The van der Waals surface area contributed by atoms with Gasteiger partial charge in [-0.15, -0.1) is 0 Å². The van der Waals surface area contributed by atoms with Crippen LogP contribution in [0, 0.1) is 0 Å². The number of imidazole rings is 1. The SMILES string of the molecule is CCCn1ccnc1C(O)C(CC)(CC)N1CCCC1. The van der Waals surface area contributed by atoms with Crippen LogP contribution in [0.15, 0.2) is 12.4 Å². The minimum atomic E-state index is -0.503. The maximum absolute atomic E-state index is 11.1. The second-order valence-corrected chi connectivity index (χ2v) is 5.89. The van der Waals surface area contributed by atoms with E-state index in [0.29, 0.717) is 0 Å². The van der Waals surface area contributed by atoms with Crippen molar-refractivity contribution in [3.8, 4) is 0 Å². The highest BCUT2D eigenvalue weighted by Crippen LogP contribution is 2.38. The standard InChI is InChI=1S/C16H29N3O/c1-4-10-18-13-9-17-15(18)14(20)16(5-2,6-3)19-11-7-8-12-19/h9,13-14,20H,4-8,10-12H2,1-3H3. The van der Waals surface area contributed by atoms with E-state index in [2.05, 4.69) is 35.2 Å². The number of aliphatic hydroxyl groups excluding tert-OH is 1. The molecule has 2 heterocycles. The first kappa shape index (κ1) is 15.5. The van der Waals surface area contributed by atoms with Crippen molar-refractivity contribution in [3.05, 3.63) is 18.2 Å². The number of aromatic nitrogens is 2. The molecule has 1 aliphatic rings. The van der Waals surface area contributed by atoms with Crippen molar-refractivity contribution in [3.63, 3.8) is 0 Å². The Morgan fingerprint density at radius 2 is 1.90 bits per heavy atom. The van der Waals surface area contributed by atoms with E-state index in [-0.39, 0.29) is 5.54 Å². The van der Waals surface area contributed by atoms with Gasteiger partial charge in [-0.3, -0.25) is 4.90 Å². The maximum Gasteiger partial charge on any atom is 0.139 e. The van der Waals surface area contributed by atoms with Crippen molar-refractivity contribution in [2.24, 2.45) is 0 Å². The van der Waals surface area contributed by atoms with Gasteiger partial charge in [-0.25, -0.2) is 4.98 Å². The Labute approximate surface area is 122 Å². The predicted octanol–water partition coefficient (Wildman–Crippen LogP) is 2.98. The number of rotatable bonds is 7. The topological polar surface area (TPSA) is 41.3 Å². The summed E-state index contributed by atoms with van der Waals surface area (Å²) >= 11 is 0. The van der Waals surface area contributed by atoms with Crippen molar-refractivity contribution in [1.82, 2.24) is 14.5 Å². The Morgan fingerprint density at radius 1 is 1.25 bits per heavy atom. The van der Waals surface area contributed by atoms with Crippen molar-refractivity contribution < 1.29 is 5.11 Å². The molecule has 4 heteroatoms. The molecule has 1 atom stereocenters. The number of hydrogen-bond acceptors (Lipinski definition) is 3. The maximum atomic E-state index is 11.1. The second kappa shape index (κ2) is 6.72. The molecule has 0 bridgehead atoms. The second-order valence-electron chi connectivity index (χ2n) is 5.89. The molecule has 1 unspecified atom stereocenters. The third kappa shape index (κ3) is 2.63. The van der Waals surface area contributed by atoms with Gasteiger partial charge >= 0.3 is 0 Å². The summed E-state index contributed by atoms with van der Waals surface area (Å²) in [4.78, 5) is 6.94. The largest absolute Gasteiger partial charge is 0.383 e. The zero-order chi connectivity index (χ0) is 14.6. The summed E-state index contributed by atoms with van der Waals surface area (Å²) in [5.41, 5.74) is -0.159. The summed E-state index contributed by atoms with van der Waals surface area (Å²) in [6.07, 6.45) is 8.78. The van der Waals surface area contributed by atoms with Crippen LogP contribution in [0.1, 0.15) is 64.8 Å². The van der Waals surface area contributed by atoms with Crippen LogP contribution in [0.25, 0.3) is 0 Å². The van der Waals surface area contributed by atoms with Crippen molar-refractivity contribution in [2.45, 2.75) is 71.1 Å². The summed E-state index contributed by atoms with van der Waals surface area (Å²) < 4.78 is 2.11. The van der Waals surface area contributed by atoms with Gasteiger partial charge in [0.1, 0.15) is 11.9 Å². The Hall–Kier alpha value is -0.870. The van der Waals surface area contributed by atoms with E-state index in [0.717, 1.165) is 44.7 Å². The quantitative estimate of drug-likeness (QED) is 0.834. The third-order valence-corrected chi connectivity index (χ3v) is 4.93. The fourth-order valence-corrected chi connectivity index (χ4v) is 3.66. The molecular weight excluding hydrogens is 250 g/mol. The fraction of sp³-hybridized carbons (Fsp3) is 0.812. The number of hydrogen-bond donors (Lipinski definition) is 1. The molecule has 0 amide bonds. The van der Waals surface area contributed by atoms with Crippen LogP contribution in [-0.4, -0.2) is 38.2 Å². The highest BCUT2D eigenvalue weighted by atomic mass is 16.3. The molecule has 1 saturated heterocycles. The Kier molecular flexibility index (Phi) is 5.22. The molecule has 0 spiro atoms. The number of nitrogens with zero attached hydrogens (tertiary/aromatic N) is 3. The van der Waals surface area contributed by atoms with Gasteiger partial charge in [0.2, 0.25) is 0 Å². The lowest BCUT2D eigenvalue weighted by molar-refractivity contribution is -0.0357. The van der Waals surface area contributed by atoms with Crippen LogP contribution < -0.4 is 0 Å². The molecule has 1 aliphatic heterocycles. The van der Waals surface area contributed by atoms with Gasteiger partial charge < -0.3 is 9.67 Å². The average molecular weight is 279 g/mol. The molecule has 0 radical (unpaired) electrons. The van der Waals surface area contributed by atoms with Crippen LogP contribution in [0.5, 0.6) is 0 Å². The normalized spacial score (nSPS) is 18.6. The summed E-state index contributed by atoms with van der Waals surface area (Å²) in [5, 5.41) is 11.1. The van der Waals surface area contributed by atoms with E-state index in [1.165, 1.54) is 12.8 Å². The smallest absolute Gasteiger partial charge is 0.139 e. The van der Waals surface area contributed by atoms with E-state index in [4.69, 9.17) is 0 Å². The number of likely N-dealkylation sites (tertiary alicyclic amines) is 1. The predicted molar refractivity (Wildman–Crippen MR) is 81.6 cm³/mol. The molecule has 20 heavy (non-hydrogen) atoms. The molecule has 1 aromatic rings. The summed E-state index contributed by atoms with van der Waals surface area (Å²) in [5.74, 6) is 0.836. The first-order valence-corrected chi connectivity index (χ1v) is 8.13. The van der Waals surface area contributed by atoms with Crippen LogP contribution in [0.4, 0.5) is 0 Å². The van der Waals surface area contributed by atoms with Crippen LogP contribution >= 0.6 is 0 Å². The van der Waals surface area contributed by atoms with E-state index in [1.807, 2.05) is 12.4 Å². The Morgan fingerprint density at radius 3 is 2.45 bits per heavy atom. The van der Waals surface area contributed by atoms with Crippen molar-refractivity contribution in [2.75, 3.05) is 13.1 Å². The van der Waals surface area contributed by atoms with Gasteiger partial charge in [0, 0.05) is 18.9 Å². The van der Waals surface area contributed by atoms with Gasteiger partial charge in [-0.05, 0) is 45.2 Å². The minimum Gasteiger partial charge on any atom is -0.383 e. The third-order valence-electron chi connectivity index (χ3n) is 4.93. The molecule has 4 nitrogen and oxygen atoms in total. The highest BCUT2D eigenvalue weighted by molar-refractivity contribution is 5.08. The Bertz CT molecular complexity index is 406. The average Bonchev–Trinajstić information content (AvgIpc) is 3.12. The van der Waals surface area contributed by atoms with E-state index < -0.39 is 6.10 Å². The van der Waals surface area contributed by atoms with Crippen molar-refractivity contribution in [1.29, 1.82) is 0 Å². The fourth-order valence-electron chi connectivity index (χ4n) is 3.66. The summed E-state index contributed by atoms with van der Waals surface area (Å²) in [7, 11) is 0. The molecular formula is C16H29N3O. The molecule has 0 aliphatic carbocycles. The first-order chi connectivity index (χ1) is 9.69. The molecule has 1 N–H and O–H groups in total. The van der Waals surface area contributed by atoms with Gasteiger partial charge in [0.25, 0.3) is 0 Å². The highest BCUT2D eigenvalue weighted by Gasteiger charge is 2.43. The van der Waals surface area contributed by atoms with Gasteiger partial charge in [-0.2, -0.15) is 0 Å². The lowest BCUT2D eigenvalue weighted by atomic mass is 9.84. The van der Waals surface area contributed by atoms with E-state index in [1.54, 1.807) is 0 Å². The van der Waals surface area contributed by atoms with Crippen LogP contribution in [0.2, 0.25) is 0 Å². The zero-order valence-electron chi connectivity index (χ0n) is 13.2. The summed E-state index contributed by atoms with van der Waals surface area (Å²) in [6.45, 7) is 9.68. The minimum absolute atomic E-state index is 0.159. The van der Waals surface area contributed by atoms with E-state index in [9.17, 15) is 5.11 Å². The lowest BCUT2D eigenvalue weighted by Crippen LogP contribution is -2.51. The molecule has 0 saturated carbocycles. The van der Waals surface area contributed by atoms with Gasteiger partial charge in [0.05, 0.1) is 5.54 Å². The molecule has 2 rings (SSSR count). The van der Waals surface area contributed by atoms with Crippen molar-refractivity contribution >= 4 is 0 Å². The summed E-state index contributed by atoms with van der Waals surface area (Å²) in [6, 6.07) is 0.